The number of benzene rings is 3. The molecule has 33 heavy (non-hydrogen) atoms. The summed E-state index contributed by atoms with van der Waals surface area (Å²) in [5.74, 6) is 0.716. The van der Waals surface area contributed by atoms with Gasteiger partial charge in [-0.1, -0.05) is 105 Å². The van der Waals surface area contributed by atoms with E-state index in [0.29, 0.717) is 18.0 Å². The predicted octanol–water partition coefficient (Wildman–Crippen LogP) is 6.73. The third kappa shape index (κ3) is 6.62. The van der Waals surface area contributed by atoms with Crippen molar-refractivity contribution in [1.29, 1.82) is 0 Å². The van der Waals surface area contributed by atoms with Gasteiger partial charge in [0.25, 0.3) is 0 Å². The van der Waals surface area contributed by atoms with Crippen LogP contribution in [0.5, 0.6) is 0 Å². The van der Waals surface area contributed by atoms with Gasteiger partial charge in [0.2, 0.25) is 11.4 Å². The number of nitrogens with one attached hydrogen (secondary N) is 1. The Morgan fingerprint density at radius 2 is 1.52 bits per heavy atom. The van der Waals surface area contributed by atoms with Crippen LogP contribution in [0, 0.1) is 0 Å². The molecule has 0 aliphatic heterocycles. The minimum Gasteiger partial charge on any atom is -0.423 e. The number of rotatable bonds is 11. The van der Waals surface area contributed by atoms with E-state index in [1.54, 1.807) is 0 Å². The SMILES string of the molecule is CCCCCCC(NCc1ccccc1)c1nc2ccccc2c(=NCc2ccccc2)o1. The Kier molecular flexibility index (Phi) is 8.42. The molecule has 170 valence electrons. The minimum atomic E-state index is 0.0392. The lowest BCUT2D eigenvalue weighted by Gasteiger charge is -2.18. The van der Waals surface area contributed by atoms with Crippen molar-refractivity contribution < 1.29 is 4.42 Å². The summed E-state index contributed by atoms with van der Waals surface area (Å²) in [7, 11) is 0. The maximum atomic E-state index is 6.38. The van der Waals surface area contributed by atoms with Crippen LogP contribution in [0.15, 0.2) is 94.3 Å². The molecular formula is C29H33N3O. The molecule has 0 spiro atoms. The lowest BCUT2D eigenvalue weighted by atomic mass is 10.1. The van der Waals surface area contributed by atoms with E-state index in [1.807, 2.05) is 48.5 Å². The lowest BCUT2D eigenvalue weighted by Crippen LogP contribution is -2.24. The molecule has 1 atom stereocenters. The molecule has 0 aliphatic rings. The van der Waals surface area contributed by atoms with Crippen molar-refractivity contribution in [1.82, 2.24) is 10.3 Å². The quantitative estimate of drug-likeness (QED) is 0.264. The monoisotopic (exact) mass is 439 g/mol. The maximum absolute atomic E-state index is 6.38. The van der Waals surface area contributed by atoms with E-state index in [-0.39, 0.29) is 6.04 Å². The first-order chi connectivity index (χ1) is 16.3. The van der Waals surface area contributed by atoms with E-state index in [2.05, 4.69) is 48.6 Å². The summed E-state index contributed by atoms with van der Waals surface area (Å²) in [6, 6.07) is 28.9. The zero-order chi connectivity index (χ0) is 22.7. The van der Waals surface area contributed by atoms with Crippen LogP contribution >= 0.6 is 0 Å². The van der Waals surface area contributed by atoms with Gasteiger partial charge in [-0.05, 0) is 29.7 Å². The maximum Gasteiger partial charge on any atom is 0.226 e. The molecule has 4 rings (SSSR count). The lowest BCUT2D eigenvalue weighted by molar-refractivity contribution is 0.340. The minimum absolute atomic E-state index is 0.0392. The fourth-order valence-electron chi connectivity index (χ4n) is 3.99. The Hall–Kier alpha value is -3.24. The molecular weight excluding hydrogens is 406 g/mol. The highest BCUT2D eigenvalue weighted by atomic mass is 16.3. The summed E-state index contributed by atoms with van der Waals surface area (Å²) < 4.78 is 6.38. The van der Waals surface area contributed by atoms with Gasteiger partial charge >= 0.3 is 0 Å². The van der Waals surface area contributed by atoms with Crippen molar-refractivity contribution >= 4 is 10.9 Å². The van der Waals surface area contributed by atoms with Crippen LogP contribution in [-0.2, 0) is 13.1 Å². The van der Waals surface area contributed by atoms with E-state index in [9.17, 15) is 0 Å². The van der Waals surface area contributed by atoms with Crippen molar-refractivity contribution in [2.45, 2.75) is 58.2 Å². The molecule has 0 fully saturated rings. The van der Waals surface area contributed by atoms with Crippen LogP contribution in [0.1, 0.15) is 62.1 Å². The van der Waals surface area contributed by atoms with Gasteiger partial charge in [0.05, 0.1) is 23.5 Å². The molecule has 0 saturated carbocycles. The highest BCUT2D eigenvalue weighted by molar-refractivity contribution is 5.76. The van der Waals surface area contributed by atoms with Crippen molar-refractivity contribution in [3.8, 4) is 0 Å². The van der Waals surface area contributed by atoms with Crippen LogP contribution in [0.4, 0.5) is 0 Å². The molecule has 1 heterocycles. The number of hydrogen-bond acceptors (Lipinski definition) is 4. The Morgan fingerprint density at radius 1 is 0.818 bits per heavy atom. The zero-order valence-corrected chi connectivity index (χ0v) is 19.4. The summed E-state index contributed by atoms with van der Waals surface area (Å²) in [5.41, 5.74) is 3.99. The van der Waals surface area contributed by atoms with Gasteiger partial charge in [-0.15, -0.1) is 0 Å². The second-order valence-electron chi connectivity index (χ2n) is 8.44. The molecule has 0 saturated heterocycles. The number of para-hydroxylation sites is 1. The number of hydrogen-bond donors (Lipinski definition) is 1. The molecule has 1 aromatic heterocycles. The topological polar surface area (TPSA) is 50.4 Å². The van der Waals surface area contributed by atoms with E-state index in [0.717, 1.165) is 35.9 Å². The van der Waals surface area contributed by atoms with Crippen LogP contribution in [0.3, 0.4) is 0 Å². The Bertz CT molecular complexity index is 1190. The van der Waals surface area contributed by atoms with Gasteiger partial charge in [-0.2, -0.15) is 0 Å². The number of aromatic nitrogens is 1. The third-order valence-corrected chi connectivity index (χ3v) is 5.85. The molecule has 0 amide bonds. The van der Waals surface area contributed by atoms with E-state index in [4.69, 9.17) is 14.4 Å². The van der Waals surface area contributed by atoms with Crippen molar-refractivity contribution in [3.63, 3.8) is 0 Å². The largest absolute Gasteiger partial charge is 0.423 e. The van der Waals surface area contributed by atoms with Crippen molar-refractivity contribution in [2.75, 3.05) is 0 Å². The van der Waals surface area contributed by atoms with Gasteiger partial charge in [0, 0.05) is 6.54 Å². The van der Waals surface area contributed by atoms with E-state index >= 15 is 0 Å². The average molecular weight is 440 g/mol. The van der Waals surface area contributed by atoms with Crippen LogP contribution < -0.4 is 10.9 Å². The number of nitrogens with zero attached hydrogens (tertiary/aromatic N) is 2. The van der Waals surface area contributed by atoms with Gasteiger partial charge in [0.15, 0.2) is 0 Å². The summed E-state index contributed by atoms with van der Waals surface area (Å²) in [6.07, 6.45) is 5.83. The zero-order valence-electron chi connectivity index (χ0n) is 19.4. The van der Waals surface area contributed by atoms with Gasteiger partial charge in [-0.3, -0.25) is 0 Å². The summed E-state index contributed by atoms with van der Waals surface area (Å²) >= 11 is 0. The summed E-state index contributed by atoms with van der Waals surface area (Å²) in [5, 5.41) is 4.65. The number of unbranched alkanes of at least 4 members (excludes halogenated alkanes) is 3. The standard InChI is InChI=1S/C29H33N3O/c1-2-3-4-11-20-27(30-21-23-14-7-5-8-15-23)29-32-26-19-13-12-18-25(26)28(33-29)31-22-24-16-9-6-10-17-24/h5-10,12-19,27,30H,2-4,11,20-22H2,1H3. The Balaban J connectivity index is 1.64. The van der Waals surface area contributed by atoms with Crippen molar-refractivity contribution in [3.05, 3.63) is 108 Å². The fraction of sp³-hybridized carbons (Fsp3) is 0.310. The second-order valence-corrected chi connectivity index (χ2v) is 8.44. The molecule has 1 N–H and O–H groups in total. The molecule has 0 bridgehead atoms. The molecule has 3 aromatic carbocycles. The van der Waals surface area contributed by atoms with Crippen molar-refractivity contribution in [2.24, 2.45) is 4.99 Å². The predicted molar refractivity (Wildman–Crippen MR) is 134 cm³/mol. The van der Waals surface area contributed by atoms with Gasteiger partial charge < -0.3 is 9.73 Å². The first kappa shape index (κ1) is 22.9. The molecule has 4 aromatic rings. The summed E-state index contributed by atoms with van der Waals surface area (Å²) in [6.45, 7) is 3.60. The average Bonchev–Trinajstić information content (AvgIpc) is 2.88. The Morgan fingerprint density at radius 3 is 2.27 bits per heavy atom. The van der Waals surface area contributed by atoms with E-state index < -0.39 is 0 Å². The Labute approximate surface area is 196 Å². The van der Waals surface area contributed by atoms with Gasteiger partial charge in [-0.25, -0.2) is 9.98 Å². The summed E-state index contributed by atoms with van der Waals surface area (Å²) in [4.78, 5) is 9.75. The second kappa shape index (κ2) is 12.1. The van der Waals surface area contributed by atoms with Crippen LogP contribution in [-0.4, -0.2) is 4.98 Å². The van der Waals surface area contributed by atoms with Crippen LogP contribution in [0.2, 0.25) is 0 Å². The molecule has 4 heteroatoms. The molecule has 0 radical (unpaired) electrons. The first-order valence-electron chi connectivity index (χ1n) is 12.0. The van der Waals surface area contributed by atoms with Crippen LogP contribution in [0.25, 0.3) is 10.9 Å². The normalized spacial score (nSPS) is 12.8. The highest BCUT2D eigenvalue weighted by Crippen LogP contribution is 2.21. The molecule has 1 unspecified atom stereocenters. The fourth-order valence-corrected chi connectivity index (χ4v) is 3.99. The molecule has 4 nitrogen and oxygen atoms in total. The third-order valence-electron chi connectivity index (χ3n) is 5.85. The van der Waals surface area contributed by atoms with Gasteiger partial charge in [0.1, 0.15) is 0 Å². The first-order valence-corrected chi connectivity index (χ1v) is 12.0. The number of fused-ring (bicyclic) bond motifs is 1. The smallest absolute Gasteiger partial charge is 0.226 e. The highest BCUT2D eigenvalue weighted by Gasteiger charge is 2.17. The molecule has 0 aliphatic carbocycles. The van der Waals surface area contributed by atoms with E-state index in [1.165, 1.54) is 24.8 Å².